The van der Waals surface area contributed by atoms with Crippen molar-refractivity contribution < 1.29 is 9.53 Å². The van der Waals surface area contributed by atoms with Crippen LogP contribution < -0.4 is 21.5 Å². The number of hydrogen-bond acceptors (Lipinski definition) is 4. The van der Waals surface area contributed by atoms with Crippen molar-refractivity contribution in [2.24, 2.45) is 5.73 Å². The van der Waals surface area contributed by atoms with Crippen LogP contribution in [-0.4, -0.2) is 18.6 Å². The predicted molar refractivity (Wildman–Crippen MR) is 68.9 cm³/mol. The van der Waals surface area contributed by atoms with E-state index in [1.807, 2.05) is 19.9 Å². The van der Waals surface area contributed by atoms with Crippen LogP contribution in [0.2, 0.25) is 0 Å². The molecule has 5 nitrogen and oxygen atoms in total. The fraction of sp³-hybridized carbons (Fsp3) is 0.417. The minimum atomic E-state index is -0.436. The first-order valence-electron chi connectivity index (χ1n) is 5.34. The second-order valence-corrected chi connectivity index (χ2v) is 4.61. The highest BCUT2D eigenvalue weighted by atomic mass is 16.5. The van der Waals surface area contributed by atoms with E-state index < -0.39 is 5.54 Å². The Morgan fingerprint density at radius 3 is 2.59 bits per heavy atom. The third-order valence-corrected chi connectivity index (χ3v) is 2.35. The first-order valence-corrected chi connectivity index (χ1v) is 5.34. The number of rotatable bonds is 5. The summed E-state index contributed by atoms with van der Waals surface area (Å²) >= 11 is 0. The van der Waals surface area contributed by atoms with E-state index >= 15 is 0 Å². The Morgan fingerprint density at radius 2 is 2.12 bits per heavy atom. The Bertz CT molecular complexity index is 416. The van der Waals surface area contributed by atoms with Gasteiger partial charge in [-0.05, 0) is 26.0 Å². The number of nitrogen functional groups attached to an aromatic ring is 1. The molecule has 0 unspecified atom stereocenters. The minimum absolute atomic E-state index is 0.235. The highest BCUT2D eigenvalue weighted by Gasteiger charge is 2.21. The van der Waals surface area contributed by atoms with Gasteiger partial charge < -0.3 is 21.5 Å². The smallest absolute Gasteiger partial charge is 0.219 e. The van der Waals surface area contributed by atoms with Crippen molar-refractivity contribution in [2.45, 2.75) is 25.8 Å². The van der Waals surface area contributed by atoms with Gasteiger partial charge in [-0.3, -0.25) is 4.79 Å². The van der Waals surface area contributed by atoms with E-state index in [0.29, 0.717) is 11.4 Å². The predicted octanol–water partition coefficient (Wildman–Crippen LogP) is 1.34. The number of nitrogens with two attached hydrogens (primary N) is 2. The molecule has 0 saturated heterocycles. The summed E-state index contributed by atoms with van der Waals surface area (Å²) in [7, 11) is 1.58. The summed E-state index contributed by atoms with van der Waals surface area (Å²) in [6.45, 7) is 3.78. The maximum Gasteiger partial charge on any atom is 0.219 e. The Kier molecular flexibility index (Phi) is 3.83. The zero-order valence-corrected chi connectivity index (χ0v) is 10.4. The van der Waals surface area contributed by atoms with Gasteiger partial charge in [0.05, 0.1) is 18.5 Å². The summed E-state index contributed by atoms with van der Waals surface area (Å²) in [6.07, 6.45) is 0.235. The Hall–Kier alpha value is -1.91. The maximum absolute atomic E-state index is 10.9. The van der Waals surface area contributed by atoms with E-state index in [9.17, 15) is 4.79 Å². The molecular weight excluding hydrogens is 218 g/mol. The molecule has 0 fully saturated rings. The molecular formula is C12H19N3O2. The second-order valence-electron chi connectivity index (χ2n) is 4.61. The topological polar surface area (TPSA) is 90.4 Å². The van der Waals surface area contributed by atoms with Crippen LogP contribution in [0.4, 0.5) is 11.4 Å². The molecule has 0 saturated carbocycles. The molecule has 0 bridgehead atoms. The average molecular weight is 237 g/mol. The molecule has 0 heterocycles. The third kappa shape index (κ3) is 3.86. The molecule has 5 N–H and O–H groups in total. The van der Waals surface area contributed by atoms with Gasteiger partial charge in [0.1, 0.15) is 5.75 Å². The standard InChI is InChI=1S/C12H19N3O2/c1-12(2,7-11(14)16)15-10-5-4-8(17-3)6-9(10)13/h4-6,15H,7,13H2,1-3H3,(H2,14,16). The van der Waals surface area contributed by atoms with E-state index in [0.717, 1.165) is 5.69 Å². The number of hydrogen-bond donors (Lipinski definition) is 3. The first kappa shape index (κ1) is 13.2. The molecule has 17 heavy (non-hydrogen) atoms. The number of nitrogens with one attached hydrogen (secondary N) is 1. The number of amides is 1. The molecule has 1 aromatic rings. The first-order chi connectivity index (χ1) is 7.84. The van der Waals surface area contributed by atoms with Crippen LogP contribution in [0, 0.1) is 0 Å². The molecule has 0 aromatic heterocycles. The molecule has 5 heteroatoms. The Balaban J connectivity index is 2.84. The molecule has 1 rings (SSSR count). The van der Waals surface area contributed by atoms with Gasteiger partial charge in [0.2, 0.25) is 5.91 Å². The lowest BCUT2D eigenvalue weighted by Gasteiger charge is -2.27. The number of carbonyl (C=O) groups is 1. The van der Waals surface area contributed by atoms with Crippen molar-refractivity contribution in [3.8, 4) is 5.75 Å². The van der Waals surface area contributed by atoms with Crippen molar-refractivity contribution >= 4 is 17.3 Å². The Labute approximate surface area is 101 Å². The molecule has 0 spiro atoms. The zero-order chi connectivity index (χ0) is 13.1. The SMILES string of the molecule is COc1ccc(NC(C)(C)CC(N)=O)c(N)c1. The van der Waals surface area contributed by atoms with Crippen LogP contribution in [-0.2, 0) is 4.79 Å². The van der Waals surface area contributed by atoms with Gasteiger partial charge in [0.25, 0.3) is 0 Å². The zero-order valence-electron chi connectivity index (χ0n) is 10.4. The molecule has 1 amide bonds. The van der Waals surface area contributed by atoms with E-state index in [4.69, 9.17) is 16.2 Å². The van der Waals surface area contributed by atoms with Gasteiger partial charge in [-0.2, -0.15) is 0 Å². The van der Waals surface area contributed by atoms with Gasteiger partial charge in [-0.15, -0.1) is 0 Å². The monoisotopic (exact) mass is 237 g/mol. The lowest BCUT2D eigenvalue weighted by Crippen LogP contribution is -2.36. The van der Waals surface area contributed by atoms with E-state index in [2.05, 4.69) is 5.32 Å². The summed E-state index contributed by atoms with van der Waals surface area (Å²) in [6, 6.07) is 5.35. The summed E-state index contributed by atoms with van der Waals surface area (Å²) < 4.78 is 5.06. The van der Waals surface area contributed by atoms with Crippen molar-refractivity contribution in [2.75, 3.05) is 18.2 Å². The van der Waals surface area contributed by atoms with Crippen LogP contribution in [0.5, 0.6) is 5.75 Å². The largest absolute Gasteiger partial charge is 0.497 e. The summed E-state index contributed by atoms with van der Waals surface area (Å²) in [5, 5.41) is 3.19. The van der Waals surface area contributed by atoms with E-state index in [1.54, 1.807) is 19.2 Å². The number of anilines is 2. The average Bonchev–Trinajstić information content (AvgIpc) is 2.18. The highest BCUT2D eigenvalue weighted by Crippen LogP contribution is 2.27. The van der Waals surface area contributed by atoms with Gasteiger partial charge >= 0.3 is 0 Å². The summed E-state index contributed by atoms with van der Waals surface area (Å²) in [5.74, 6) is 0.343. The molecule has 0 aliphatic carbocycles. The minimum Gasteiger partial charge on any atom is -0.497 e. The second kappa shape index (κ2) is 4.95. The quantitative estimate of drug-likeness (QED) is 0.674. The fourth-order valence-corrected chi connectivity index (χ4v) is 1.63. The highest BCUT2D eigenvalue weighted by molar-refractivity contribution is 5.76. The number of benzene rings is 1. The van der Waals surface area contributed by atoms with Gasteiger partial charge in [0.15, 0.2) is 0 Å². The van der Waals surface area contributed by atoms with Gasteiger partial charge in [-0.25, -0.2) is 0 Å². The van der Waals surface area contributed by atoms with Crippen molar-refractivity contribution in [1.29, 1.82) is 0 Å². The number of primary amides is 1. The molecule has 0 aliphatic heterocycles. The third-order valence-electron chi connectivity index (χ3n) is 2.35. The molecule has 0 radical (unpaired) electrons. The van der Waals surface area contributed by atoms with Crippen LogP contribution in [0.15, 0.2) is 18.2 Å². The van der Waals surface area contributed by atoms with Crippen LogP contribution >= 0.6 is 0 Å². The van der Waals surface area contributed by atoms with Crippen LogP contribution in [0.25, 0.3) is 0 Å². The maximum atomic E-state index is 10.9. The number of carbonyl (C=O) groups excluding carboxylic acids is 1. The van der Waals surface area contributed by atoms with Crippen molar-refractivity contribution in [3.05, 3.63) is 18.2 Å². The fourth-order valence-electron chi connectivity index (χ4n) is 1.63. The molecule has 94 valence electrons. The summed E-state index contributed by atoms with van der Waals surface area (Å²) in [4.78, 5) is 10.9. The number of ether oxygens (including phenoxy) is 1. The van der Waals surface area contributed by atoms with Crippen molar-refractivity contribution in [1.82, 2.24) is 0 Å². The van der Waals surface area contributed by atoms with Crippen LogP contribution in [0.1, 0.15) is 20.3 Å². The van der Waals surface area contributed by atoms with E-state index in [1.165, 1.54) is 0 Å². The van der Waals surface area contributed by atoms with Gasteiger partial charge in [-0.1, -0.05) is 0 Å². The van der Waals surface area contributed by atoms with Crippen LogP contribution in [0.3, 0.4) is 0 Å². The molecule has 0 aliphatic rings. The lowest BCUT2D eigenvalue weighted by atomic mass is 9.99. The lowest BCUT2D eigenvalue weighted by molar-refractivity contribution is -0.118. The van der Waals surface area contributed by atoms with Gasteiger partial charge in [0, 0.05) is 18.0 Å². The molecule has 0 atom stereocenters. The van der Waals surface area contributed by atoms with Crippen molar-refractivity contribution in [3.63, 3.8) is 0 Å². The van der Waals surface area contributed by atoms with E-state index in [-0.39, 0.29) is 12.3 Å². The number of methoxy groups -OCH3 is 1. The Morgan fingerprint density at radius 1 is 1.47 bits per heavy atom. The summed E-state index contributed by atoms with van der Waals surface area (Å²) in [5.41, 5.74) is 12.0. The molecule has 1 aromatic carbocycles. The normalized spacial score (nSPS) is 11.0.